The minimum Gasteiger partial charge on any atom is -0.326 e. The van der Waals surface area contributed by atoms with E-state index in [0.29, 0.717) is 6.54 Å². The molecule has 0 unspecified atom stereocenters. The first-order valence-corrected chi connectivity index (χ1v) is 5.97. The molecule has 1 N–H and O–H groups in total. The number of amides is 2. The molecule has 1 heterocycles. The SMILES string of the molecule is C=CC(=O)N1CCCc2c(NC(C)=O)cccc21. The van der Waals surface area contributed by atoms with E-state index in [0.717, 1.165) is 29.8 Å². The molecule has 0 spiro atoms. The Kier molecular flexibility index (Phi) is 3.46. The first kappa shape index (κ1) is 12.4. The van der Waals surface area contributed by atoms with Gasteiger partial charge in [-0.3, -0.25) is 9.59 Å². The molecule has 2 rings (SSSR count). The van der Waals surface area contributed by atoms with E-state index in [1.165, 1.54) is 13.0 Å². The third-order valence-corrected chi connectivity index (χ3v) is 3.00. The fourth-order valence-corrected chi connectivity index (χ4v) is 2.27. The van der Waals surface area contributed by atoms with Crippen LogP contribution in [-0.2, 0) is 16.0 Å². The van der Waals surface area contributed by atoms with Gasteiger partial charge in [0.05, 0.1) is 0 Å². The van der Waals surface area contributed by atoms with Gasteiger partial charge >= 0.3 is 0 Å². The van der Waals surface area contributed by atoms with Gasteiger partial charge in [-0.2, -0.15) is 0 Å². The van der Waals surface area contributed by atoms with Gasteiger partial charge in [0.15, 0.2) is 0 Å². The number of nitrogens with one attached hydrogen (secondary N) is 1. The van der Waals surface area contributed by atoms with Crippen molar-refractivity contribution in [2.75, 3.05) is 16.8 Å². The van der Waals surface area contributed by atoms with Gasteiger partial charge in [-0.25, -0.2) is 0 Å². The fraction of sp³-hybridized carbons (Fsp3) is 0.286. The van der Waals surface area contributed by atoms with Gasteiger partial charge in [-0.15, -0.1) is 0 Å². The maximum atomic E-state index is 11.8. The van der Waals surface area contributed by atoms with E-state index in [9.17, 15) is 9.59 Å². The highest BCUT2D eigenvalue weighted by Gasteiger charge is 2.22. The van der Waals surface area contributed by atoms with Crippen LogP contribution in [0.25, 0.3) is 0 Å². The number of benzene rings is 1. The maximum Gasteiger partial charge on any atom is 0.250 e. The smallest absolute Gasteiger partial charge is 0.250 e. The molecular formula is C14H16N2O2. The zero-order chi connectivity index (χ0) is 13.1. The summed E-state index contributed by atoms with van der Waals surface area (Å²) in [5.74, 6) is -0.202. The second kappa shape index (κ2) is 5.04. The van der Waals surface area contributed by atoms with E-state index in [1.807, 2.05) is 18.2 Å². The fourth-order valence-electron chi connectivity index (χ4n) is 2.27. The van der Waals surface area contributed by atoms with Crippen LogP contribution in [0.3, 0.4) is 0 Å². The lowest BCUT2D eigenvalue weighted by atomic mass is 9.99. The summed E-state index contributed by atoms with van der Waals surface area (Å²) in [5.41, 5.74) is 2.69. The first-order valence-electron chi connectivity index (χ1n) is 5.97. The lowest BCUT2D eigenvalue weighted by Crippen LogP contribution is -2.34. The number of hydrogen-bond acceptors (Lipinski definition) is 2. The van der Waals surface area contributed by atoms with E-state index in [-0.39, 0.29) is 11.8 Å². The predicted octanol–water partition coefficient (Wildman–Crippen LogP) is 2.11. The molecule has 1 aromatic carbocycles. The van der Waals surface area contributed by atoms with Crippen LogP contribution in [0.15, 0.2) is 30.9 Å². The number of fused-ring (bicyclic) bond motifs is 1. The van der Waals surface area contributed by atoms with E-state index in [4.69, 9.17) is 0 Å². The molecule has 1 aliphatic rings. The number of hydrogen-bond donors (Lipinski definition) is 1. The number of carbonyl (C=O) groups is 2. The molecule has 0 fully saturated rings. The second-order valence-electron chi connectivity index (χ2n) is 4.28. The first-order chi connectivity index (χ1) is 8.63. The molecule has 1 aliphatic heterocycles. The molecule has 4 nitrogen and oxygen atoms in total. The maximum absolute atomic E-state index is 11.8. The molecule has 0 aromatic heterocycles. The lowest BCUT2D eigenvalue weighted by molar-refractivity contribution is -0.115. The normalized spacial score (nSPS) is 13.7. The molecule has 94 valence electrons. The summed E-state index contributed by atoms with van der Waals surface area (Å²) in [6.45, 7) is 5.70. The summed E-state index contributed by atoms with van der Waals surface area (Å²) in [6, 6.07) is 5.61. The van der Waals surface area contributed by atoms with Crippen molar-refractivity contribution >= 4 is 23.2 Å². The van der Waals surface area contributed by atoms with Gasteiger partial charge in [0.2, 0.25) is 11.8 Å². The molecule has 0 atom stereocenters. The number of rotatable bonds is 2. The Hall–Kier alpha value is -2.10. The third kappa shape index (κ3) is 2.27. The molecule has 0 saturated carbocycles. The average Bonchev–Trinajstić information content (AvgIpc) is 2.37. The predicted molar refractivity (Wildman–Crippen MR) is 71.6 cm³/mol. The Labute approximate surface area is 106 Å². The monoisotopic (exact) mass is 244 g/mol. The van der Waals surface area contributed by atoms with Crippen molar-refractivity contribution in [2.45, 2.75) is 19.8 Å². The van der Waals surface area contributed by atoms with Crippen molar-refractivity contribution in [3.05, 3.63) is 36.4 Å². The number of carbonyl (C=O) groups excluding carboxylic acids is 2. The molecule has 0 bridgehead atoms. The highest BCUT2D eigenvalue weighted by Crippen LogP contribution is 2.32. The average molecular weight is 244 g/mol. The Morgan fingerprint density at radius 3 is 2.89 bits per heavy atom. The topological polar surface area (TPSA) is 49.4 Å². The zero-order valence-corrected chi connectivity index (χ0v) is 10.4. The highest BCUT2D eigenvalue weighted by atomic mass is 16.2. The van der Waals surface area contributed by atoms with Crippen LogP contribution in [0.2, 0.25) is 0 Å². The Balaban J connectivity index is 2.43. The Morgan fingerprint density at radius 1 is 1.44 bits per heavy atom. The van der Waals surface area contributed by atoms with Crippen molar-refractivity contribution < 1.29 is 9.59 Å². The molecule has 18 heavy (non-hydrogen) atoms. The zero-order valence-electron chi connectivity index (χ0n) is 10.4. The Morgan fingerprint density at radius 2 is 2.22 bits per heavy atom. The van der Waals surface area contributed by atoms with Crippen LogP contribution in [0, 0.1) is 0 Å². The molecule has 0 saturated heterocycles. The van der Waals surface area contributed by atoms with Crippen molar-refractivity contribution in [2.24, 2.45) is 0 Å². The van der Waals surface area contributed by atoms with Gasteiger partial charge in [0.1, 0.15) is 0 Å². The highest BCUT2D eigenvalue weighted by molar-refractivity contribution is 6.03. The molecule has 2 amide bonds. The van der Waals surface area contributed by atoms with Gasteiger partial charge in [0.25, 0.3) is 0 Å². The van der Waals surface area contributed by atoms with Crippen LogP contribution in [0.5, 0.6) is 0 Å². The quantitative estimate of drug-likeness (QED) is 0.810. The molecule has 0 radical (unpaired) electrons. The van der Waals surface area contributed by atoms with Crippen LogP contribution in [-0.4, -0.2) is 18.4 Å². The Bertz CT molecular complexity index is 509. The molecule has 4 heteroatoms. The van der Waals surface area contributed by atoms with E-state index in [2.05, 4.69) is 11.9 Å². The third-order valence-electron chi connectivity index (χ3n) is 3.00. The summed E-state index contributed by atoms with van der Waals surface area (Å²) in [7, 11) is 0. The summed E-state index contributed by atoms with van der Waals surface area (Å²) in [5, 5.41) is 2.81. The largest absolute Gasteiger partial charge is 0.326 e. The van der Waals surface area contributed by atoms with Crippen molar-refractivity contribution in [3.8, 4) is 0 Å². The van der Waals surface area contributed by atoms with E-state index < -0.39 is 0 Å². The van der Waals surface area contributed by atoms with Crippen LogP contribution in [0.1, 0.15) is 18.9 Å². The molecular weight excluding hydrogens is 228 g/mol. The molecule has 1 aromatic rings. The van der Waals surface area contributed by atoms with Crippen molar-refractivity contribution in [1.82, 2.24) is 0 Å². The van der Waals surface area contributed by atoms with E-state index in [1.54, 1.807) is 4.90 Å². The van der Waals surface area contributed by atoms with Crippen LogP contribution < -0.4 is 10.2 Å². The van der Waals surface area contributed by atoms with Gasteiger partial charge < -0.3 is 10.2 Å². The summed E-state index contributed by atoms with van der Waals surface area (Å²) in [4.78, 5) is 24.7. The second-order valence-corrected chi connectivity index (χ2v) is 4.28. The minimum atomic E-state index is -0.101. The standard InChI is InChI=1S/C14H16N2O2/c1-3-14(18)16-9-5-6-11-12(15-10(2)17)7-4-8-13(11)16/h3-4,7-8H,1,5-6,9H2,2H3,(H,15,17). The number of nitrogens with zero attached hydrogens (tertiary/aromatic N) is 1. The van der Waals surface area contributed by atoms with Crippen LogP contribution in [0.4, 0.5) is 11.4 Å². The lowest BCUT2D eigenvalue weighted by Gasteiger charge is -2.30. The summed E-state index contributed by atoms with van der Waals surface area (Å²) >= 11 is 0. The van der Waals surface area contributed by atoms with Crippen molar-refractivity contribution in [3.63, 3.8) is 0 Å². The minimum absolute atomic E-state index is 0.101. The van der Waals surface area contributed by atoms with Gasteiger partial charge in [-0.05, 0) is 36.6 Å². The summed E-state index contributed by atoms with van der Waals surface area (Å²) in [6.07, 6.45) is 3.08. The van der Waals surface area contributed by atoms with Gasteiger partial charge in [-0.1, -0.05) is 12.6 Å². The van der Waals surface area contributed by atoms with E-state index >= 15 is 0 Å². The van der Waals surface area contributed by atoms with Gasteiger partial charge in [0, 0.05) is 24.8 Å². The molecule has 0 aliphatic carbocycles. The van der Waals surface area contributed by atoms with Crippen LogP contribution >= 0.6 is 0 Å². The summed E-state index contributed by atoms with van der Waals surface area (Å²) < 4.78 is 0. The number of anilines is 2. The van der Waals surface area contributed by atoms with Crippen molar-refractivity contribution in [1.29, 1.82) is 0 Å².